The van der Waals surface area contributed by atoms with Gasteiger partial charge in [-0.3, -0.25) is 4.79 Å². The van der Waals surface area contributed by atoms with Gasteiger partial charge in [0, 0.05) is 6.42 Å². The molecule has 1 rings (SSSR count). The number of phenols is 1. The smallest absolute Gasteiger partial charge is 0.305 e. The number of benzene rings is 1. The van der Waals surface area contributed by atoms with Gasteiger partial charge in [0.15, 0.2) is 0 Å². The van der Waals surface area contributed by atoms with Gasteiger partial charge in [-0.2, -0.15) is 0 Å². The number of ether oxygens (including phenoxy) is 1. The Morgan fingerprint density at radius 2 is 1.31 bits per heavy atom. The lowest BCUT2D eigenvalue weighted by molar-refractivity contribution is -0.140. The van der Waals surface area contributed by atoms with Crippen molar-refractivity contribution in [3.63, 3.8) is 0 Å². The van der Waals surface area contributed by atoms with Crippen molar-refractivity contribution in [1.29, 1.82) is 0 Å². The van der Waals surface area contributed by atoms with Gasteiger partial charge in [-0.25, -0.2) is 0 Å². The van der Waals surface area contributed by atoms with Crippen LogP contribution in [0.5, 0.6) is 5.75 Å². The van der Waals surface area contributed by atoms with Crippen LogP contribution in [0.4, 0.5) is 0 Å². The monoisotopic (exact) mass is 362 g/mol. The predicted octanol–water partition coefficient (Wildman–Crippen LogP) is 6.57. The van der Waals surface area contributed by atoms with Crippen molar-refractivity contribution in [2.45, 2.75) is 96.3 Å². The fraction of sp³-hybridized carbons (Fsp3) is 0.696. The van der Waals surface area contributed by atoms with Gasteiger partial charge in [0.25, 0.3) is 0 Å². The molecule has 0 aliphatic rings. The summed E-state index contributed by atoms with van der Waals surface area (Å²) < 4.78 is 4.64. The summed E-state index contributed by atoms with van der Waals surface area (Å²) in [6.07, 6.45) is 18.3. The lowest BCUT2D eigenvalue weighted by Gasteiger charge is -2.04. The number of carbonyl (C=O) groups excluding carboxylic acids is 1. The first-order valence-electron chi connectivity index (χ1n) is 10.6. The molecule has 0 fully saturated rings. The van der Waals surface area contributed by atoms with Gasteiger partial charge < -0.3 is 9.84 Å². The van der Waals surface area contributed by atoms with Gasteiger partial charge in [-0.1, -0.05) is 82.8 Å². The van der Waals surface area contributed by atoms with E-state index in [1.54, 1.807) is 6.07 Å². The summed E-state index contributed by atoms with van der Waals surface area (Å²) >= 11 is 0. The summed E-state index contributed by atoms with van der Waals surface area (Å²) in [5, 5.41) is 9.44. The van der Waals surface area contributed by atoms with Gasteiger partial charge in [0.05, 0.1) is 7.11 Å². The highest BCUT2D eigenvalue weighted by Gasteiger charge is 1.99. The number of carbonyl (C=O) groups is 1. The zero-order valence-electron chi connectivity index (χ0n) is 16.7. The normalized spacial score (nSPS) is 10.8. The van der Waals surface area contributed by atoms with Crippen molar-refractivity contribution in [3.05, 3.63) is 29.8 Å². The van der Waals surface area contributed by atoms with Crippen LogP contribution >= 0.6 is 0 Å². The van der Waals surface area contributed by atoms with E-state index in [1.165, 1.54) is 83.3 Å². The van der Waals surface area contributed by atoms with Crippen molar-refractivity contribution >= 4 is 5.97 Å². The van der Waals surface area contributed by atoms with Gasteiger partial charge in [0.2, 0.25) is 0 Å². The Hall–Kier alpha value is -1.51. The predicted molar refractivity (Wildman–Crippen MR) is 108 cm³/mol. The first-order valence-corrected chi connectivity index (χ1v) is 10.6. The lowest BCUT2D eigenvalue weighted by atomic mass is 10.0. The molecule has 0 amide bonds. The fourth-order valence-electron chi connectivity index (χ4n) is 3.36. The standard InChI is InChI=1S/C23H38O3/c1-26-23(25)19-14-12-10-8-6-4-2-3-5-7-9-11-13-16-21-17-15-18-22(24)20-21/h15,17-18,20,24H,2-14,16,19H2,1H3. The molecule has 26 heavy (non-hydrogen) atoms. The van der Waals surface area contributed by atoms with Crippen LogP contribution < -0.4 is 0 Å². The third-order valence-electron chi connectivity index (χ3n) is 4.98. The van der Waals surface area contributed by atoms with E-state index < -0.39 is 0 Å². The van der Waals surface area contributed by atoms with Crippen LogP contribution in [0.25, 0.3) is 0 Å². The number of rotatable bonds is 16. The zero-order valence-corrected chi connectivity index (χ0v) is 16.7. The van der Waals surface area contributed by atoms with E-state index in [-0.39, 0.29) is 5.97 Å². The van der Waals surface area contributed by atoms with Crippen LogP contribution in [0.1, 0.15) is 95.5 Å². The van der Waals surface area contributed by atoms with Gasteiger partial charge >= 0.3 is 5.97 Å². The Kier molecular flexibility index (Phi) is 13.6. The Balaban J connectivity index is 1.76. The Bertz CT molecular complexity index is 470. The second-order valence-corrected chi connectivity index (χ2v) is 7.34. The summed E-state index contributed by atoms with van der Waals surface area (Å²) in [4.78, 5) is 11.0. The van der Waals surface area contributed by atoms with E-state index in [9.17, 15) is 9.90 Å². The van der Waals surface area contributed by atoms with Crippen LogP contribution in [0.15, 0.2) is 24.3 Å². The average Bonchev–Trinajstić information content (AvgIpc) is 2.64. The molecule has 0 unspecified atom stereocenters. The minimum Gasteiger partial charge on any atom is -0.508 e. The quantitative estimate of drug-likeness (QED) is 0.267. The molecule has 0 radical (unpaired) electrons. The summed E-state index contributed by atoms with van der Waals surface area (Å²) in [5.41, 5.74) is 1.25. The number of esters is 1. The number of methoxy groups -OCH3 is 1. The van der Waals surface area contributed by atoms with Crippen molar-refractivity contribution in [2.75, 3.05) is 7.11 Å². The SMILES string of the molecule is COC(=O)CCCCCCCCCCCCCCCc1cccc(O)c1. The van der Waals surface area contributed by atoms with Gasteiger partial charge in [-0.05, 0) is 37.0 Å². The summed E-state index contributed by atoms with van der Waals surface area (Å²) in [6, 6.07) is 7.62. The topological polar surface area (TPSA) is 46.5 Å². The Labute approximate surface area is 160 Å². The van der Waals surface area contributed by atoms with Gasteiger partial charge in [-0.15, -0.1) is 0 Å². The minimum absolute atomic E-state index is 0.0793. The van der Waals surface area contributed by atoms with Crippen molar-refractivity contribution in [2.24, 2.45) is 0 Å². The third-order valence-corrected chi connectivity index (χ3v) is 4.98. The Morgan fingerprint density at radius 1 is 0.808 bits per heavy atom. The van der Waals surface area contributed by atoms with E-state index >= 15 is 0 Å². The van der Waals surface area contributed by atoms with Crippen LogP contribution in [-0.4, -0.2) is 18.2 Å². The zero-order chi connectivity index (χ0) is 18.9. The Morgan fingerprint density at radius 3 is 1.81 bits per heavy atom. The molecule has 0 aromatic heterocycles. The summed E-state index contributed by atoms with van der Waals surface area (Å²) in [6.45, 7) is 0. The highest BCUT2D eigenvalue weighted by atomic mass is 16.5. The number of unbranched alkanes of at least 4 members (excludes halogenated alkanes) is 12. The molecule has 3 heteroatoms. The average molecular weight is 363 g/mol. The maximum atomic E-state index is 11.0. The molecule has 3 nitrogen and oxygen atoms in total. The molecule has 0 heterocycles. The van der Waals surface area contributed by atoms with E-state index in [2.05, 4.69) is 10.8 Å². The molecule has 0 saturated heterocycles. The lowest BCUT2D eigenvalue weighted by Crippen LogP contribution is -1.99. The molecular formula is C23H38O3. The molecule has 1 aromatic rings. The van der Waals surface area contributed by atoms with E-state index in [4.69, 9.17) is 0 Å². The second-order valence-electron chi connectivity index (χ2n) is 7.34. The molecule has 0 spiro atoms. The molecule has 0 atom stereocenters. The highest BCUT2D eigenvalue weighted by molar-refractivity contribution is 5.68. The number of aromatic hydroxyl groups is 1. The molecule has 0 aliphatic heterocycles. The fourth-order valence-corrected chi connectivity index (χ4v) is 3.36. The van der Waals surface area contributed by atoms with Crippen LogP contribution in [0, 0.1) is 0 Å². The van der Waals surface area contributed by atoms with E-state index in [0.29, 0.717) is 12.2 Å². The van der Waals surface area contributed by atoms with Crippen molar-refractivity contribution < 1.29 is 14.6 Å². The highest BCUT2D eigenvalue weighted by Crippen LogP contribution is 2.16. The summed E-state index contributed by atoms with van der Waals surface area (Å²) in [7, 11) is 1.46. The molecule has 1 aromatic carbocycles. The maximum absolute atomic E-state index is 11.0. The van der Waals surface area contributed by atoms with Gasteiger partial charge in [0.1, 0.15) is 5.75 Å². The molecule has 0 bridgehead atoms. The van der Waals surface area contributed by atoms with Crippen LogP contribution in [0.2, 0.25) is 0 Å². The maximum Gasteiger partial charge on any atom is 0.305 e. The first kappa shape index (κ1) is 22.5. The minimum atomic E-state index is -0.0793. The number of hydrogen-bond acceptors (Lipinski definition) is 3. The molecule has 0 aliphatic carbocycles. The van der Waals surface area contributed by atoms with Crippen molar-refractivity contribution in [1.82, 2.24) is 0 Å². The largest absolute Gasteiger partial charge is 0.508 e. The molecule has 1 N–H and O–H groups in total. The number of aryl methyl sites for hydroxylation is 1. The van der Waals surface area contributed by atoms with Crippen LogP contribution in [-0.2, 0) is 16.0 Å². The first-order chi connectivity index (χ1) is 12.7. The number of phenolic OH excluding ortho intramolecular Hbond substituents is 1. The molecular weight excluding hydrogens is 324 g/mol. The van der Waals surface area contributed by atoms with E-state index in [1.807, 2.05) is 12.1 Å². The second kappa shape index (κ2) is 15.7. The summed E-state index contributed by atoms with van der Waals surface area (Å²) in [5.74, 6) is 0.299. The number of hydrogen-bond donors (Lipinski definition) is 1. The van der Waals surface area contributed by atoms with Crippen molar-refractivity contribution in [3.8, 4) is 5.75 Å². The molecule has 148 valence electrons. The van der Waals surface area contributed by atoms with Crippen LogP contribution in [0.3, 0.4) is 0 Å². The molecule has 0 saturated carbocycles. The third kappa shape index (κ3) is 12.8. The van der Waals surface area contributed by atoms with E-state index in [0.717, 1.165) is 19.3 Å².